The van der Waals surface area contributed by atoms with Gasteiger partial charge in [-0.25, -0.2) is 0 Å². The molecule has 20 heavy (non-hydrogen) atoms. The molecule has 0 aromatic heterocycles. The second-order valence-electron chi connectivity index (χ2n) is 5.52. The van der Waals surface area contributed by atoms with Crippen LogP contribution in [0.4, 0.5) is 0 Å². The summed E-state index contributed by atoms with van der Waals surface area (Å²) in [5.74, 6) is -0.0669. The fraction of sp³-hybridized carbons (Fsp3) is 0.467. The Balaban J connectivity index is 1.63. The van der Waals surface area contributed by atoms with E-state index in [2.05, 4.69) is 22.8 Å². The maximum Gasteiger partial charge on any atom is 0.244 e. The largest absolute Gasteiger partial charge is 0.344 e. The van der Waals surface area contributed by atoms with Gasteiger partial charge in [0.15, 0.2) is 0 Å². The fourth-order valence-electron chi connectivity index (χ4n) is 2.87. The van der Waals surface area contributed by atoms with E-state index in [0.717, 1.165) is 0 Å². The Hall–Kier alpha value is -1.88. The lowest BCUT2D eigenvalue weighted by atomic mass is 9.95. The molecule has 0 bridgehead atoms. The van der Waals surface area contributed by atoms with Crippen LogP contribution in [0, 0.1) is 0 Å². The van der Waals surface area contributed by atoms with Gasteiger partial charge in [-0.05, 0) is 24.0 Å². The van der Waals surface area contributed by atoms with Gasteiger partial charge in [-0.2, -0.15) is 0 Å². The number of amides is 2. The van der Waals surface area contributed by atoms with E-state index < -0.39 is 0 Å². The van der Waals surface area contributed by atoms with Crippen molar-refractivity contribution in [2.24, 2.45) is 0 Å². The number of hydrogen-bond acceptors (Lipinski definition) is 3. The molecule has 2 aliphatic rings. The van der Waals surface area contributed by atoms with Gasteiger partial charge >= 0.3 is 0 Å². The first-order chi connectivity index (χ1) is 9.65. The van der Waals surface area contributed by atoms with Gasteiger partial charge in [0.05, 0.1) is 6.04 Å². The van der Waals surface area contributed by atoms with Crippen molar-refractivity contribution in [3.63, 3.8) is 0 Å². The molecule has 0 saturated carbocycles. The number of fused-ring (bicyclic) bond motifs is 1. The molecule has 2 aliphatic heterocycles. The smallest absolute Gasteiger partial charge is 0.244 e. The zero-order valence-corrected chi connectivity index (χ0v) is 11.6. The fourth-order valence-corrected chi connectivity index (χ4v) is 2.87. The number of nitrogens with zero attached hydrogens (tertiary/aromatic N) is 1. The molecule has 0 radical (unpaired) electrons. The first kappa shape index (κ1) is 13.1. The molecule has 5 nitrogen and oxygen atoms in total. The minimum Gasteiger partial charge on any atom is -0.344 e. The molecule has 0 aliphatic carbocycles. The van der Waals surface area contributed by atoms with Crippen LogP contribution in [0.2, 0.25) is 0 Å². The van der Waals surface area contributed by atoms with E-state index in [1.165, 1.54) is 11.1 Å². The van der Waals surface area contributed by atoms with Crippen molar-refractivity contribution in [1.29, 1.82) is 0 Å². The van der Waals surface area contributed by atoms with Crippen molar-refractivity contribution in [2.45, 2.75) is 31.5 Å². The second kappa shape index (κ2) is 5.25. The van der Waals surface area contributed by atoms with E-state index in [4.69, 9.17) is 0 Å². The average molecular weight is 273 g/mol. The second-order valence-corrected chi connectivity index (χ2v) is 5.52. The third-order valence-electron chi connectivity index (χ3n) is 4.14. The molecule has 2 N–H and O–H groups in total. The molecular weight excluding hydrogens is 254 g/mol. The highest BCUT2D eigenvalue weighted by molar-refractivity contribution is 5.91. The Morgan fingerprint density at radius 1 is 1.35 bits per heavy atom. The molecule has 1 aromatic carbocycles. The zero-order chi connectivity index (χ0) is 14.1. The molecule has 1 saturated heterocycles. The summed E-state index contributed by atoms with van der Waals surface area (Å²) in [5, 5.41) is 6.11. The van der Waals surface area contributed by atoms with Crippen molar-refractivity contribution in [1.82, 2.24) is 15.5 Å². The monoisotopic (exact) mass is 273 g/mol. The van der Waals surface area contributed by atoms with Gasteiger partial charge in [0, 0.05) is 20.1 Å². The van der Waals surface area contributed by atoms with Gasteiger partial charge in [-0.15, -0.1) is 0 Å². The summed E-state index contributed by atoms with van der Waals surface area (Å²) in [6, 6.07) is 7.54. The Morgan fingerprint density at radius 3 is 2.80 bits per heavy atom. The summed E-state index contributed by atoms with van der Waals surface area (Å²) < 4.78 is 0. The van der Waals surface area contributed by atoms with Crippen LogP contribution in [0.3, 0.4) is 0 Å². The SMILES string of the molecule is CN1CCC(NC(=O)[C@H]2Cc3ccccc3CN2)C1=O. The maximum absolute atomic E-state index is 12.3. The van der Waals surface area contributed by atoms with E-state index in [9.17, 15) is 9.59 Å². The molecule has 1 aromatic rings. The van der Waals surface area contributed by atoms with Crippen LogP contribution >= 0.6 is 0 Å². The van der Waals surface area contributed by atoms with E-state index >= 15 is 0 Å². The Morgan fingerprint density at radius 2 is 2.10 bits per heavy atom. The average Bonchev–Trinajstić information content (AvgIpc) is 2.78. The van der Waals surface area contributed by atoms with E-state index in [1.807, 2.05) is 12.1 Å². The maximum atomic E-state index is 12.3. The van der Waals surface area contributed by atoms with Crippen LogP contribution in [-0.2, 0) is 22.6 Å². The van der Waals surface area contributed by atoms with Gasteiger partial charge < -0.3 is 15.5 Å². The number of carbonyl (C=O) groups excluding carboxylic acids is 2. The summed E-state index contributed by atoms with van der Waals surface area (Å²) in [6.45, 7) is 1.41. The first-order valence-corrected chi connectivity index (χ1v) is 7.00. The van der Waals surface area contributed by atoms with Gasteiger partial charge in [-0.1, -0.05) is 24.3 Å². The third kappa shape index (κ3) is 2.41. The molecule has 5 heteroatoms. The highest BCUT2D eigenvalue weighted by atomic mass is 16.2. The van der Waals surface area contributed by atoms with Gasteiger partial charge in [0.25, 0.3) is 0 Å². The zero-order valence-electron chi connectivity index (χ0n) is 11.6. The van der Waals surface area contributed by atoms with E-state index in [1.54, 1.807) is 11.9 Å². The van der Waals surface area contributed by atoms with Gasteiger partial charge in [-0.3, -0.25) is 9.59 Å². The van der Waals surface area contributed by atoms with Crippen LogP contribution in [0.25, 0.3) is 0 Å². The number of nitrogens with one attached hydrogen (secondary N) is 2. The van der Waals surface area contributed by atoms with Crippen molar-refractivity contribution < 1.29 is 9.59 Å². The molecule has 2 atom stereocenters. The molecule has 3 rings (SSSR count). The molecule has 2 heterocycles. The molecule has 106 valence electrons. The normalized spacial score (nSPS) is 25.4. The van der Waals surface area contributed by atoms with Crippen molar-refractivity contribution in [2.75, 3.05) is 13.6 Å². The van der Waals surface area contributed by atoms with Crippen LogP contribution < -0.4 is 10.6 Å². The number of benzene rings is 1. The molecule has 0 spiro atoms. The summed E-state index contributed by atoms with van der Waals surface area (Å²) in [4.78, 5) is 25.7. The summed E-state index contributed by atoms with van der Waals surface area (Å²) in [5.41, 5.74) is 2.45. The first-order valence-electron chi connectivity index (χ1n) is 7.00. The Labute approximate surface area is 118 Å². The molecular formula is C15H19N3O2. The quantitative estimate of drug-likeness (QED) is 0.800. The lowest BCUT2D eigenvalue weighted by Gasteiger charge is -2.26. The predicted molar refractivity (Wildman–Crippen MR) is 75.0 cm³/mol. The summed E-state index contributed by atoms with van der Waals surface area (Å²) in [6.07, 6.45) is 1.38. The lowest BCUT2D eigenvalue weighted by molar-refractivity contribution is -0.132. The number of hydrogen-bond donors (Lipinski definition) is 2. The lowest BCUT2D eigenvalue weighted by Crippen LogP contribution is -2.52. The molecule has 2 amide bonds. The summed E-state index contributed by atoms with van der Waals surface area (Å²) in [7, 11) is 1.77. The van der Waals surface area contributed by atoms with E-state index in [0.29, 0.717) is 25.9 Å². The Bertz CT molecular complexity index is 544. The van der Waals surface area contributed by atoms with Gasteiger partial charge in [0.2, 0.25) is 11.8 Å². The number of rotatable bonds is 2. The number of likely N-dealkylation sites (tertiary alicyclic amines) is 1. The van der Waals surface area contributed by atoms with E-state index in [-0.39, 0.29) is 23.9 Å². The molecule has 1 fully saturated rings. The predicted octanol–water partition coefficient (Wildman–Crippen LogP) is 0.0478. The van der Waals surface area contributed by atoms with Crippen molar-refractivity contribution in [3.05, 3.63) is 35.4 Å². The van der Waals surface area contributed by atoms with Crippen LogP contribution in [-0.4, -0.2) is 42.4 Å². The van der Waals surface area contributed by atoms with Crippen LogP contribution in [0.15, 0.2) is 24.3 Å². The van der Waals surface area contributed by atoms with Crippen molar-refractivity contribution >= 4 is 11.8 Å². The third-order valence-corrected chi connectivity index (χ3v) is 4.14. The van der Waals surface area contributed by atoms with Gasteiger partial charge in [0.1, 0.15) is 6.04 Å². The van der Waals surface area contributed by atoms with Crippen LogP contribution in [0.5, 0.6) is 0 Å². The Kier molecular flexibility index (Phi) is 3.44. The minimum atomic E-state index is -0.355. The number of carbonyl (C=O) groups is 2. The molecule has 1 unspecified atom stereocenters. The van der Waals surface area contributed by atoms with Crippen molar-refractivity contribution in [3.8, 4) is 0 Å². The summed E-state index contributed by atoms with van der Waals surface area (Å²) >= 11 is 0. The topological polar surface area (TPSA) is 61.4 Å². The standard InChI is InChI=1S/C15H19N3O2/c1-18-7-6-12(15(18)20)17-14(19)13-8-10-4-2-3-5-11(10)9-16-13/h2-5,12-13,16H,6-9H2,1H3,(H,17,19)/t12?,13-/m1/s1. The number of likely N-dealkylation sites (N-methyl/N-ethyl adjacent to an activating group) is 1. The highest BCUT2D eigenvalue weighted by Crippen LogP contribution is 2.17. The highest BCUT2D eigenvalue weighted by Gasteiger charge is 2.33. The minimum absolute atomic E-state index is 0.00885. The van der Waals surface area contributed by atoms with Crippen LogP contribution in [0.1, 0.15) is 17.5 Å².